The summed E-state index contributed by atoms with van der Waals surface area (Å²) >= 11 is 6.07. The largest absolute Gasteiger partial charge is 0.484 e. The minimum Gasteiger partial charge on any atom is -0.484 e. The van der Waals surface area contributed by atoms with Gasteiger partial charge in [-0.05, 0) is 48.7 Å². The predicted octanol–water partition coefficient (Wildman–Crippen LogP) is 4.11. The van der Waals surface area contributed by atoms with Crippen LogP contribution in [0.4, 0.5) is 5.69 Å². The Morgan fingerprint density at radius 1 is 1.26 bits per heavy atom. The number of rotatable bonds is 6. The van der Waals surface area contributed by atoms with E-state index in [0.29, 0.717) is 22.9 Å². The summed E-state index contributed by atoms with van der Waals surface area (Å²) in [6, 6.07) is 12.5. The molecule has 1 amide bonds. The first kappa shape index (κ1) is 17.3. The molecule has 0 aliphatic heterocycles. The topological polar surface area (TPSA) is 58.6 Å². The maximum atomic E-state index is 11.9. The number of aliphatic hydroxyl groups is 1. The van der Waals surface area contributed by atoms with Gasteiger partial charge in [-0.2, -0.15) is 0 Å². The van der Waals surface area contributed by atoms with Crippen LogP contribution in [0.15, 0.2) is 42.5 Å². The van der Waals surface area contributed by atoms with Gasteiger partial charge in [-0.25, -0.2) is 0 Å². The third-order valence-electron chi connectivity index (χ3n) is 3.42. The van der Waals surface area contributed by atoms with E-state index in [1.54, 1.807) is 36.4 Å². The average Bonchev–Trinajstić information content (AvgIpc) is 2.55. The van der Waals surface area contributed by atoms with Gasteiger partial charge in [-0.1, -0.05) is 36.7 Å². The molecule has 4 nitrogen and oxygen atoms in total. The molecule has 0 fully saturated rings. The quantitative estimate of drug-likeness (QED) is 0.836. The number of amides is 1. The zero-order valence-electron chi connectivity index (χ0n) is 13.2. The van der Waals surface area contributed by atoms with E-state index < -0.39 is 6.10 Å². The van der Waals surface area contributed by atoms with Gasteiger partial charge in [0.15, 0.2) is 6.61 Å². The van der Waals surface area contributed by atoms with E-state index >= 15 is 0 Å². The number of ether oxygens (including phenoxy) is 1. The van der Waals surface area contributed by atoms with Crippen molar-refractivity contribution in [3.05, 3.63) is 58.6 Å². The summed E-state index contributed by atoms with van der Waals surface area (Å²) in [6.07, 6.45) is 0.177. The van der Waals surface area contributed by atoms with Crippen LogP contribution in [0.25, 0.3) is 0 Å². The zero-order valence-corrected chi connectivity index (χ0v) is 13.9. The molecule has 122 valence electrons. The van der Waals surface area contributed by atoms with Crippen LogP contribution in [0, 0.1) is 6.92 Å². The second-order valence-corrected chi connectivity index (χ2v) is 5.72. The Labute approximate surface area is 141 Å². The number of aryl methyl sites for hydroxylation is 1. The number of halogens is 1. The monoisotopic (exact) mass is 333 g/mol. The molecule has 23 heavy (non-hydrogen) atoms. The fraction of sp³-hybridized carbons (Fsp3) is 0.278. The maximum Gasteiger partial charge on any atom is 0.262 e. The average molecular weight is 334 g/mol. The van der Waals surface area contributed by atoms with Gasteiger partial charge in [0.25, 0.3) is 5.91 Å². The van der Waals surface area contributed by atoms with Crippen LogP contribution in [0.2, 0.25) is 5.02 Å². The van der Waals surface area contributed by atoms with Gasteiger partial charge >= 0.3 is 0 Å². The van der Waals surface area contributed by atoms with Crippen molar-refractivity contribution in [1.29, 1.82) is 0 Å². The number of hydrogen-bond acceptors (Lipinski definition) is 3. The van der Waals surface area contributed by atoms with Gasteiger partial charge in [0.05, 0.1) is 16.8 Å². The van der Waals surface area contributed by atoms with E-state index in [4.69, 9.17) is 16.3 Å². The van der Waals surface area contributed by atoms with E-state index in [2.05, 4.69) is 5.32 Å². The molecule has 0 saturated heterocycles. The molecular weight excluding hydrogens is 314 g/mol. The number of aliphatic hydroxyl groups excluding tert-OH is 1. The van der Waals surface area contributed by atoms with Crippen molar-refractivity contribution in [2.75, 3.05) is 11.9 Å². The van der Waals surface area contributed by atoms with Gasteiger partial charge in [0.1, 0.15) is 5.75 Å². The van der Waals surface area contributed by atoms with Crippen molar-refractivity contribution >= 4 is 23.2 Å². The molecule has 1 unspecified atom stereocenters. The minimum atomic E-state index is -0.476. The van der Waals surface area contributed by atoms with E-state index in [1.165, 1.54) is 0 Å². The van der Waals surface area contributed by atoms with Crippen molar-refractivity contribution in [2.45, 2.75) is 26.4 Å². The van der Waals surface area contributed by atoms with Crippen molar-refractivity contribution < 1.29 is 14.6 Å². The third-order valence-corrected chi connectivity index (χ3v) is 3.73. The molecule has 5 heteroatoms. The van der Waals surface area contributed by atoms with Crippen LogP contribution < -0.4 is 10.1 Å². The normalized spacial score (nSPS) is 11.8. The van der Waals surface area contributed by atoms with Crippen molar-refractivity contribution in [3.8, 4) is 5.75 Å². The maximum absolute atomic E-state index is 11.9. The van der Waals surface area contributed by atoms with Gasteiger partial charge < -0.3 is 15.2 Å². The Kier molecular flexibility index (Phi) is 6.02. The Morgan fingerprint density at radius 2 is 1.96 bits per heavy atom. The number of benzene rings is 2. The first-order chi connectivity index (χ1) is 11.0. The van der Waals surface area contributed by atoms with Crippen molar-refractivity contribution in [1.82, 2.24) is 0 Å². The van der Waals surface area contributed by atoms with Crippen LogP contribution in [0.5, 0.6) is 5.75 Å². The molecule has 0 aliphatic carbocycles. The van der Waals surface area contributed by atoms with E-state index in [0.717, 1.165) is 11.1 Å². The highest BCUT2D eigenvalue weighted by molar-refractivity contribution is 6.33. The first-order valence-electron chi connectivity index (χ1n) is 7.46. The molecule has 0 aliphatic rings. The SMILES string of the molecule is CCC(O)c1ccc(OCC(=O)Nc2ccc(C)cc2Cl)cc1. The van der Waals surface area contributed by atoms with Crippen LogP contribution in [0.3, 0.4) is 0 Å². The van der Waals surface area contributed by atoms with Gasteiger partial charge in [-0.15, -0.1) is 0 Å². The molecule has 1 atom stereocenters. The summed E-state index contributed by atoms with van der Waals surface area (Å²) in [5.41, 5.74) is 2.42. The van der Waals surface area contributed by atoms with Crippen LogP contribution in [-0.4, -0.2) is 17.6 Å². The van der Waals surface area contributed by atoms with Crippen molar-refractivity contribution in [3.63, 3.8) is 0 Å². The van der Waals surface area contributed by atoms with Gasteiger partial charge in [0, 0.05) is 0 Å². The second kappa shape index (κ2) is 7.99. The predicted molar refractivity (Wildman–Crippen MR) is 92.0 cm³/mol. The molecule has 2 N–H and O–H groups in total. The van der Waals surface area contributed by atoms with Crippen LogP contribution >= 0.6 is 11.6 Å². The highest BCUT2D eigenvalue weighted by Gasteiger charge is 2.08. The lowest BCUT2D eigenvalue weighted by molar-refractivity contribution is -0.118. The summed E-state index contributed by atoms with van der Waals surface area (Å²) in [7, 11) is 0. The Balaban J connectivity index is 1.89. The molecule has 0 heterocycles. The first-order valence-corrected chi connectivity index (χ1v) is 7.84. The summed E-state index contributed by atoms with van der Waals surface area (Å²) in [4.78, 5) is 11.9. The number of carbonyl (C=O) groups excluding carboxylic acids is 1. The summed E-state index contributed by atoms with van der Waals surface area (Å²) in [5.74, 6) is 0.288. The van der Waals surface area contributed by atoms with Gasteiger partial charge in [0.2, 0.25) is 0 Å². The molecule has 0 spiro atoms. The highest BCUT2D eigenvalue weighted by atomic mass is 35.5. The molecule has 2 rings (SSSR count). The summed E-state index contributed by atoms with van der Waals surface area (Å²) in [6.45, 7) is 3.73. The third kappa shape index (κ3) is 4.98. The lowest BCUT2D eigenvalue weighted by atomic mass is 10.1. The van der Waals surface area contributed by atoms with Crippen LogP contribution in [-0.2, 0) is 4.79 Å². The lowest BCUT2D eigenvalue weighted by Gasteiger charge is -2.11. The number of nitrogens with one attached hydrogen (secondary N) is 1. The Morgan fingerprint density at radius 3 is 2.57 bits per heavy atom. The molecule has 0 saturated carbocycles. The minimum absolute atomic E-state index is 0.111. The molecular formula is C18H20ClNO3. The standard InChI is InChI=1S/C18H20ClNO3/c1-3-17(21)13-5-7-14(8-6-13)23-11-18(22)20-16-9-4-12(2)10-15(16)19/h4-10,17,21H,3,11H2,1-2H3,(H,20,22). The lowest BCUT2D eigenvalue weighted by Crippen LogP contribution is -2.20. The molecule has 2 aromatic rings. The number of hydrogen-bond donors (Lipinski definition) is 2. The van der Waals surface area contributed by atoms with E-state index in [1.807, 2.05) is 19.9 Å². The highest BCUT2D eigenvalue weighted by Crippen LogP contribution is 2.23. The molecule has 0 bridgehead atoms. The molecule has 0 radical (unpaired) electrons. The Bertz CT molecular complexity index is 670. The Hall–Kier alpha value is -2.04. The number of carbonyl (C=O) groups is 1. The van der Waals surface area contributed by atoms with Crippen molar-refractivity contribution in [2.24, 2.45) is 0 Å². The second-order valence-electron chi connectivity index (χ2n) is 5.31. The van der Waals surface area contributed by atoms with E-state index in [-0.39, 0.29) is 12.5 Å². The molecule has 0 aromatic heterocycles. The smallest absolute Gasteiger partial charge is 0.262 e. The fourth-order valence-electron chi connectivity index (χ4n) is 2.08. The number of anilines is 1. The van der Waals surface area contributed by atoms with Crippen LogP contribution in [0.1, 0.15) is 30.6 Å². The fourth-order valence-corrected chi connectivity index (χ4v) is 2.36. The van der Waals surface area contributed by atoms with Gasteiger partial charge in [-0.3, -0.25) is 4.79 Å². The summed E-state index contributed by atoms with van der Waals surface area (Å²) in [5, 5.41) is 12.9. The molecule has 2 aromatic carbocycles. The van der Waals surface area contributed by atoms with E-state index in [9.17, 15) is 9.90 Å². The zero-order chi connectivity index (χ0) is 16.8. The summed E-state index contributed by atoms with van der Waals surface area (Å²) < 4.78 is 5.44.